The second kappa shape index (κ2) is 8.58. The lowest BCUT2D eigenvalue weighted by Crippen LogP contribution is -2.48. The van der Waals surface area contributed by atoms with Crippen molar-refractivity contribution in [1.29, 1.82) is 0 Å². The number of amides is 1. The molecule has 6 nitrogen and oxygen atoms in total. The predicted molar refractivity (Wildman–Crippen MR) is 98.2 cm³/mol. The summed E-state index contributed by atoms with van der Waals surface area (Å²) < 4.78 is 0. The van der Waals surface area contributed by atoms with Crippen LogP contribution in [-0.4, -0.2) is 58.4 Å². The van der Waals surface area contributed by atoms with Crippen LogP contribution in [0.3, 0.4) is 0 Å². The van der Waals surface area contributed by atoms with Crippen molar-refractivity contribution in [3.05, 3.63) is 53.9 Å². The predicted octanol–water partition coefficient (Wildman–Crippen LogP) is 1.93. The molecule has 0 spiro atoms. The molecule has 2 aromatic rings. The maximum atomic E-state index is 12.3. The van der Waals surface area contributed by atoms with Gasteiger partial charge in [0.2, 0.25) is 11.9 Å². The van der Waals surface area contributed by atoms with E-state index < -0.39 is 0 Å². The highest BCUT2D eigenvalue weighted by Gasteiger charge is 2.20. The fourth-order valence-electron chi connectivity index (χ4n) is 3.05. The van der Waals surface area contributed by atoms with Crippen LogP contribution in [0, 0.1) is 6.92 Å². The van der Waals surface area contributed by atoms with Gasteiger partial charge in [0.25, 0.3) is 0 Å². The molecule has 6 heteroatoms. The molecule has 0 radical (unpaired) electrons. The average molecular weight is 339 g/mol. The molecular weight excluding hydrogens is 314 g/mol. The number of benzene rings is 1. The Hall–Kier alpha value is -2.47. The van der Waals surface area contributed by atoms with E-state index in [2.05, 4.69) is 51.4 Å². The van der Waals surface area contributed by atoms with Gasteiger partial charge in [-0.1, -0.05) is 29.8 Å². The van der Waals surface area contributed by atoms with Crippen LogP contribution < -0.4 is 5.32 Å². The summed E-state index contributed by atoms with van der Waals surface area (Å²) >= 11 is 0. The van der Waals surface area contributed by atoms with Crippen molar-refractivity contribution in [3.63, 3.8) is 0 Å². The Balaban J connectivity index is 1.38. The Morgan fingerprint density at radius 3 is 2.60 bits per heavy atom. The number of aryl methyl sites for hydroxylation is 1. The molecule has 0 aliphatic carbocycles. The largest absolute Gasteiger partial charge is 0.354 e. The van der Waals surface area contributed by atoms with Crippen LogP contribution in [0.25, 0.3) is 0 Å². The zero-order valence-electron chi connectivity index (χ0n) is 14.7. The maximum Gasteiger partial charge on any atom is 0.224 e. The molecule has 1 aromatic carbocycles. The van der Waals surface area contributed by atoms with Crippen molar-refractivity contribution in [2.45, 2.75) is 19.9 Å². The van der Waals surface area contributed by atoms with Gasteiger partial charge in [-0.05, 0) is 18.6 Å². The van der Waals surface area contributed by atoms with Crippen LogP contribution in [0.1, 0.15) is 17.5 Å². The molecular formula is C19H25N5O. The van der Waals surface area contributed by atoms with Crippen molar-refractivity contribution in [1.82, 2.24) is 19.8 Å². The van der Waals surface area contributed by atoms with E-state index in [0.29, 0.717) is 18.9 Å². The second-order valence-electron chi connectivity index (χ2n) is 6.40. The summed E-state index contributed by atoms with van der Waals surface area (Å²) in [6.07, 6.45) is 3.84. The van der Waals surface area contributed by atoms with E-state index in [-0.39, 0.29) is 5.91 Å². The van der Waals surface area contributed by atoms with Gasteiger partial charge in [0.05, 0.1) is 0 Å². The van der Waals surface area contributed by atoms with Crippen molar-refractivity contribution in [2.24, 2.45) is 0 Å². The van der Waals surface area contributed by atoms with Gasteiger partial charge in [0.15, 0.2) is 0 Å². The van der Waals surface area contributed by atoms with Gasteiger partial charge < -0.3 is 10.2 Å². The summed E-state index contributed by atoms with van der Waals surface area (Å²) in [4.78, 5) is 24.9. The molecule has 132 valence electrons. The minimum Gasteiger partial charge on any atom is -0.354 e. The van der Waals surface area contributed by atoms with Crippen LogP contribution in [0.2, 0.25) is 0 Å². The fraction of sp³-hybridized carbons (Fsp3) is 0.421. The number of hydrogen-bond acceptors (Lipinski definition) is 5. The summed E-state index contributed by atoms with van der Waals surface area (Å²) in [7, 11) is 0. The monoisotopic (exact) mass is 339 g/mol. The molecule has 3 rings (SSSR count). The van der Waals surface area contributed by atoms with Gasteiger partial charge >= 0.3 is 0 Å². The summed E-state index contributed by atoms with van der Waals surface area (Å²) in [5.41, 5.74) is 2.63. The standard InChI is InChI=1S/C19H25N5O/c1-16-4-2-5-17(14-16)15-23-10-12-24(13-11-23)18(25)6-9-22-19-20-7-3-8-21-19/h2-5,7-8,14H,6,9-13,15H2,1H3,(H,20,21,22). The first kappa shape index (κ1) is 17.4. The molecule has 1 N–H and O–H groups in total. The van der Waals surface area contributed by atoms with Crippen molar-refractivity contribution in [2.75, 3.05) is 38.0 Å². The van der Waals surface area contributed by atoms with Gasteiger partial charge in [0.1, 0.15) is 0 Å². The van der Waals surface area contributed by atoms with E-state index in [4.69, 9.17) is 0 Å². The van der Waals surface area contributed by atoms with Crippen molar-refractivity contribution < 1.29 is 4.79 Å². The van der Waals surface area contributed by atoms with E-state index >= 15 is 0 Å². The van der Waals surface area contributed by atoms with E-state index in [1.165, 1.54) is 11.1 Å². The Morgan fingerprint density at radius 1 is 1.12 bits per heavy atom. The molecule has 0 unspecified atom stereocenters. The molecule has 0 atom stereocenters. The minimum atomic E-state index is 0.193. The number of piperazine rings is 1. The number of carbonyl (C=O) groups excluding carboxylic acids is 1. The molecule has 0 saturated carbocycles. The first-order valence-corrected chi connectivity index (χ1v) is 8.77. The third-order valence-corrected chi connectivity index (χ3v) is 4.40. The maximum absolute atomic E-state index is 12.3. The van der Waals surface area contributed by atoms with Crippen molar-refractivity contribution in [3.8, 4) is 0 Å². The Kier molecular flexibility index (Phi) is 5.95. The lowest BCUT2D eigenvalue weighted by molar-refractivity contribution is -0.132. The molecule has 1 amide bonds. The van der Waals surface area contributed by atoms with Crippen LogP contribution >= 0.6 is 0 Å². The summed E-state index contributed by atoms with van der Waals surface area (Å²) in [5.74, 6) is 0.761. The number of nitrogens with one attached hydrogen (secondary N) is 1. The number of carbonyl (C=O) groups is 1. The average Bonchev–Trinajstić information content (AvgIpc) is 2.63. The molecule has 2 heterocycles. The third kappa shape index (κ3) is 5.26. The summed E-state index contributed by atoms with van der Waals surface area (Å²) in [6.45, 7) is 7.08. The summed E-state index contributed by atoms with van der Waals surface area (Å²) in [5, 5.41) is 3.08. The molecule has 0 bridgehead atoms. The Bertz CT molecular complexity index is 683. The zero-order valence-corrected chi connectivity index (χ0v) is 14.7. The van der Waals surface area contributed by atoms with Crippen LogP contribution in [-0.2, 0) is 11.3 Å². The highest BCUT2D eigenvalue weighted by molar-refractivity contribution is 5.76. The molecule has 1 aromatic heterocycles. The molecule has 1 aliphatic heterocycles. The minimum absolute atomic E-state index is 0.193. The molecule has 25 heavy (non-hydrogen) atoms. The van der Waals surface area contributed by atoms with E-state index in [1.807, 2.05) is 4.90 Å². The highest BCUT2D eigenvalue weighted by atomic mass is 16.2. The number of nitrogens with zero attached hydrogens (tertiary/aromatic N) is 4. The second-order valence-corrected chi connectivity index (χ2v) is 6.40. The molecule has 1 saturated heterocycles. The lowest BCUT2D eigenvalue weighted by Gasteiger charge is -2.35. The molecule has 1 fully saturated rings. The third-order valence-electron chi connectivity index (χ3n) is 4.40. The van der Waals surface area contributed by atoms with Gasteiger partial charge in [-0.2, -0.15) is 0 Å². The zero-order chi connectivity index (χ0) is 17.5. The number of anilines is 1. The Morgan fingerprint density at radius 2 is 1.88 bits per heavy atom. The SMILES string of the molecule is Cc1cccc(CN2CCN(C(=O)CCNc3ncccn3)CC2)c1. The normalized spacial score (nSPS) is 15.2. The fourth-order valence-corrected chi connectivity index (χ4v) is 3.05. The first-order valence-electron chi connectivity index (χ1n) is 8.77. The number of rotatable bonds is 6. The van der Waals surface area contributed by atoms with Gasteiger partial charge in [-0.25, -0.2) is 9.97 Å². The smallest absolute Gasteiger partial charge is 0.224 e. The van der Waals surface area contributed by atoms with E-state index in [9.17, 15) is 4.79 Å². The van der Waals surface area contributed by atoms with Gasteiger partial charge in [-0.15, -0.1) is 0 Å². The van der Waals surface area contributed by atoms with Crippen LogP contribution in [0.5, 0.6) is 0 Å². The number of aromatic nitrogens is 2. The quantitative estimate of drug-likeness (QED) is 0.871. The van der Waals surface area contributed by atoms with Crippen LogP contribution in [0.15, 0.2) is 42.7 Å². The van der Waals surface area contributed by atoms with Gasteiger partial charge in [-0.3, -0.25) is 9.69 Å². The summed E-state index contributed by atoms with van der Waals surface area (Å²) in [6, 6.07) is 10.4. The van der Waals surface area contributed by atoms with Crippen molar-refractivity contribution >= 4 is 11.9 Å². The molecule has 1 aliphatic rings. The topological polar surface area (TPSA) is 61.4 Å². The number of hydrogen-bond donors (Lipinski definition) is 1. The Labute approximate surface area is 148 Å². The van der Waals surface area contributed by atoms with Gasteiger partial charge in [0, 0.05) is 58.1 Å². The van der Waals surface area contributed by atoms with E-state index in [0.717, 1.165) is 32.7 Å². The first-order chi connectivity index (χ1) is 12.2. The van der Waals surface area contributed by atoms with Crippen LogP contribution in [0.4, 0.5) is 5.95 Å². The highest BCUT2D eigenvalue weighted by Crippen LogP contribution is 2.11. The van der Waals surface area contributed by atoms with E-state index in [1.54, 1.807) is 18.5 Å². The lowest BCUT2D eigenvalue weighted by atomic mass is 10.1.